The average molecular weight is 283 g/mol. The predicted octanol–water partition coefficient (Wildman–Crippen LogP) is 4.79. The monoisotopic (exact) mass is 283 g/mol. The van der Waals surface area contributed by atoms with Crippen molar-refractivity contribution in [3.05, 3.63) is 59.7 Å². The lowest BCUT2D eigenvalue weighted by atomic mass is 9.99. The fraction of sp³-hybridized carbons (Fsp3) is 0.368. The Morgan fingerprint density at radius 2 is 1.43 bits per heavy atom. The van der Waals surface area contributed by atoms with E-state index in [1.54, 1.807) is 0 Å². The Bertz CT molecular complexity index is 530. The molecule has 0 aliphatic rings. The van der Waals surface area contributed by atoms with Gasteiger partial charge >= 0.3 is 0 Å². The highest BCUT2D eigenvalue weighted by Crippen LogP contribution is 2.23. The van der Waals surface area contributed by atoms with Crippen LogP contribution < -0.4 is 10.1 Å². The van der Waals surface area contributed by atoms with Crippen LogP contribution in [0.4, 0.5) is 0 Å². The van der Waals surface area contributed by atoms with Crippen LogP contribution >= 0.6 is 0 Å². The lowest BCUT2D eigenvalue weighted by Gasteiger charge is -2.10. The second-order valence-electron chi connectivity index (χ2n) is 5.64. The van der Waals surface area contributed by atoms with Crippen molar-refractivity contribution >= 4 is 0 Å². The molecule has 0 aromatic heterocycles. The molecule has 112 valence electrons. The lowest BCUT2D eigenvalue weighted by Crippen LogP contribution is -2.04. The van der Waals surface area contributed by atoms with Gasteiger partial charge in [-0.3, -0.25) is 0 Å². The molecular weight excluding hydrogens is 258 g/mol. The van der Waals surface area contributed by atoms with Gasteiger partial charge in [0.25, 0.3) is 0 Å². The molecule has 0 saturated carbocycles. The van der Waals surface area contributed by atoms with Crippen molar-refractivity contribution in [1.29, 1.82) is 0 Å². The smallest absolute Gasteiger partial charge is 0.127 e. The Morgan fingerprint density at radius 1 is 0.905 bits per heavy atom. The van der Waals surface area contributed by atoms with Crippen LogP contribution in [-0.4, -0.2) is 7.05 Å². The molecule has 2 aromatic rings. The largest absolute Gasteiger partial charge is 0.457 e. The maximum absolute atomic E-state index is 5.88. The summed E-state index contributed by atoms with van der Waals surface area (Å²) < 4.78 is 5.88. The predicted molar refractivity (Wildman–Crippen MR) is 88.9 cm³/mol. The summed E-state index contributed by atoms with van der Waals surface area (Å²) in [4.78, 5) is 0. The molecule has 2 rings (SSSR count). The number of hydrogen-bond donors (Lipinski definition) is 1. The zero-order valence-corrected chi connectivity index (χ0v) is 13.2. The van der Waals surface area contributed by atoms with Crippen molar-refractivity contribution in [1.82, 2.24) is 5.32 Å². The van der Waals surface area contributed by atoms with Crippen LogP contribution in [0.1, 0.15) is 31.4 Å². The molecule has 2 nitrogen and oxygen atoms in total. The van der Waals surface area contributed by atoms with E-state index in [0.717, 1.165) is 30.4 Å². The van der Waals surface area contributed by atoms with Crippen LogP contribution in [-0.2, 0) is 13.0 Å². The minimum absolute atomic E-state index is 0.733. The van der Waals surface area contributed by atoms with Gasteiger partial charge in [-0.25, -0.2) is 0 Å². The van der Waals surface area contributed by atoms with Crippen molar-refractivity contribution in [2.75, 3.05) is 7.05 Å². The molecule has 0 aliphatic heterocycles. The van der Waals surface area contributed by atoms with E-state index in [-0.39, 0.29) is 0 Å². The molecule has 1 atom stereocenters. The first-order valence-electron chi connectivity index (χ1n) is 7.71. The van der Waals surface area contributed by atoms with Gasteiger partial charge < -0.3 is 10.1 Å². The van der Waals surface area contributed by atoms with Gasteiger partial charge in [0.15, 0.2) is 0 Å². The molecule has 2 aromatic carbocycles. The minimum Gasteiger partial charge on any atom is -0.457 e. The standard InChI is InChI=1S/C19H25NO/c1-4-15(2)13-16-5-9-18(10-6-16)21-19-11-7-17(8-12-19)14-20-3/h5-12,15,20H,4,13-14H2,1-3H3. The first-order chi connectivity index (χ1) is 10.2. The number of nitrogens with one attached hydrogen (secondary N) is 1. The topological polar surface area (TPSA) is 21.3 Å². The molecular formula is C19H25NO. The fourth-order valence-electron chi connectivity index (χ4n) is 2.26. The Kier molecular flexibility index (Phi) is 5.82. The van der Waals surface area contributed by atoms with Crippen molar-refractivity contribution in [3.8, 4) is 11.5 Å². The zero-order chi connectivity index (χ0) is 15.1. The van der Waals surface area contributed by atoms with Gasteiger partial charge in [0.05, 0.1) is 0 Å². The van der Waals surface area contributed by atoms with Crippen molar-refractivity contribution in [2.24, 2.45) is 5.92 Å². The van der Waals surface area contributed by atoms with Crippen LogP contribution in [0.2, 0.25) is 0 Å². The van der Waals surface area contributed by atoms with Crippen LogP contribution in [0.5, 0.6) is 11.5 Å². The van der Waals surface area contributed by atoms with E-state index in [1.165, 1.54) is 17.5 Å². The summed E-state index contributed by atoms with van der Waals surface area (Å²) in [5, 5.41) is 3.14. The highest BCUT2D eigenvalue weighted by Gasteiger charge is 2.02. The quantitative estimate of drug-likeness (QED) is 0.789. The van der Waals surface area contributed by atoms with E-state index in [2.05, 4.69) is 55.6 Å². The summed E-state index contributed by atoms with van der Waals surface area (Å²) >= 11 is 0. The molecule has 0 radical (unpaired) electrons. The maximum atomic E-state index is 5.88. The van der Waals surface area contributed by atoms with Gasteiger partial charge in [-0.15, -0.1) is 0 Å². The SMILES string of the molecule is CCC(C)Cc1ccc(Oc2ccc(CNC)cc2)cc1. The van der Waals surface area contributed by atoms with E-state index < -0.39 is 0 Å². The zero-order valence-electron chi connectivity index (χ0n) is 13.2. The van der Waals surface area contributed by atoms with Gasteiger partial charge in [-0.05, 0) is 54.8 Å². The Balaban J connectivity index is 1.96. The van der Waals surface area contributed by atoms with E-state index >= 15 is 0 Å². The number of rotatable bonds is 7. The molecule has 1 N–H and O–H groups in total. The molecule has 0 fully saturated rings. The molecule has 0 amide bonds. The molecule has 0 bridgehead atoms. The molecule has 21 heavy (non-hydrogen) atoms. The summed E-state index contributed by atoms with van der Waals surface area (Å²) in [6.45, 7) is 5.40. The third kappa shape index (κ3) is 4.91. The third-order valence-electron chi connectivity index (χ3n) is 3.74. The molecule has 0 spiro atoms. The second kappa shape index (κ2) is 7.84. The summed E-state index contributed by atoms with van der Waals surface area (Å²) in [6.07, 6.45) is 2.35. The minimum atomic E-state index is 0.733. The van der Waals surface area contributed by atoms with E-state index in [9.17, 15) is 0 Å². The summed E-state index contributed by atoms with van der Waals surface area (Å²) in [6, 6.07) is 16.6. The molecule has 0 saturated heterocycles. The van der Waals surface area contributed by atoms with Gasteiger partial charge in [0, 0.05) is 6.54 Å². The highest BCUT2D eigenvalue weighted by atomic mass is 16.5. The summed E-state index contributed by atoms with van der Waals surface area (Å²) in [5.41, 5.74) is 2.63. The van der Waals surface area contributed by atoms with Crippen molar-refractivity contribution in [3.63, 3.8) is 0 Å². The summed E-state index contributed by atoms with van der Waals surface area (Å²) in [7, 11) is 1.95. The Hall–Kier alpha value is -1.80. The average Bonchev–Trinajstić information content (AvgIpc) is 2.51. The van der Waals surface area contributed by atoms with Crippen molar-refractivity contribution < 1.29 is 4.74 Å². The van der Waals surface area contributed by atoms with Gasteiger partial charge in [-0.2, -0.15) is 0 Å². The lowest BCUT2D eigenvalue weighted by molar-refractivity contribution is 0.481. The third-order valence-corrected chi connectivity index (χ3v) is 3.74. The first-order valence-corrected chi connectivity index (χ1v) is 7.71. The van der Waals surface area contributed by atoms with Gasteiger partial charge in [0.2, 0.25) is 0 Å². The number of benzene rings is 2. The summed E-state index contributed by atoms with van der Waals surface area (Å²) in [5.74, 6) is 2.50. The number of ether oxygens (including phenoxy) is 1. The number of hydrogen-bond acceptors (Lipinski definition) is 2. The molecule has 1 unspecified atom stereocenters. The van der Waals surface area contributed by atoms with Crippen LogP contribution in [0.15, 0.2) is 48.5 Å². The highest BCUT2D eigenvalue weighted by molar-refractivity contribution is 5.34. The molecule has 0 aliphatic carbocycles. The van der Waals surface area contributed by atoms with Crippen LogP contribution in [0.3, 0.4) is 0 Å². The normalized spacial score (nSPS) is 12.1. The van der Waals surface area contributed by atoms with Crippen LogP contribution in [0.25, 0.3) is 0 Å². The Labute approximate surface area is 128 Å². The van der Waals surface area contributed by atoms with Gasteiger partial charge in [-0.1, -0.05) is 44.5 Å². The maximum Gasteiger partial charge on any atom is 0.127 e. The van der Waals surface area contributed by atoms with E-state index in [4.69, 9.17) is 4.74 Å². The van der Waals surface area contributed by atoms with Crippen molar-refractivity contribution in [2.45, 2.75) is 33.2 Å². The molecule has 2 heteroatoms. The van der Waals surface area contributed by atoms with Crippen LogP contribution in [0, 0.1) is 5.92 Å². The van der Waals surface area contributed by atoms with Gasteiger partial charge in [0.1, 0.15) is 11.5 Å². The van der Waals surface area contributed by atoms with E-state index in [1.807, 2.05) is 19.2 Å². The van der Waals surface area contributed by atoms with E-state index in [0.29, 0.717) is 0 Å². The Morgan fingerprint density at radius 3 is 1.90 bits per heavy atom. The second-order valence-corrected chi connectivity index (χ2v) is 5.64. The first kappa shape index (κ1) is 15.6. The fourth-order valence-corrected chi connectivity index (χ4v) is 2.26. The molecule has 0 heterocycles.